The topological polar surface area (TPSA) is 86.6 Å². The molecule has 1 rings (SSSR count). The van der Waals surface area contributed by atoms with Crippen LogP contribution in [0.3, 0.4) is 0 Å². The van der Waals surface area contributed by atoms with Crippen LogP contribution in [0.1, 0.15) is 13.8 Å². The zero-order valence-electron chi connectivity index (χ0n) is 7.42. The van der Waals surface area contributed by atoms with E-state index in [4.69, 9.17) is 5.11 Å². The van der Waals surface area contributed by atoms with Gasteiger partial charge in [-0.2, -0.15) is 0 Å². The molecule has 72 valence electrons. The van der Waals surface area contributed by atoms with E-state index in [-0.39, 0.29) is 11.1 Å². The molecule has 1 unspecified atom stereocenters. The Morgan fingerprint density at radius 3 is 2.23 bits per heavy atom. The van der Waals surface area contributed by atoms with Gasteiger partial charge in [0, 0.05) is 5.57 Å². The average molecular weight is 185 g/mol. The highest BCUT2D eigenvalue weighted by Gasteiger charge is 2.38. The van der Waals surface area contributed by atoms with Gasteiger partial charge in [0.25, 0.3) is 11.8 Å². The van der Waals surface area contributed by atoms with Crippen molar-refractivity contribution in [3.05, 3.63) is 11.1 Å². The fourth-order valence-electron chi connectivity index (χ4n) is 1.27. The molecule has 0 spiro atoms. The van der Waals surface area contributed by atoms with E-state index >= 15 is 0 Å². The van der Waals surface area contributed by atoms with Gasteiger partial charge in [-0.25, -0.2) is 0 Å². The summed E-state index contributed by atoms with van der Waals surface area (Å²) in [4.78, 5) is 22.1. The SMILES string of the molecule is CC1=C(C(C)(O)CO)C(=O)NC1=O. The van der Waals surface area contributed by atoms with E-state index in [0.29, 0.717) is 0 Å². The number of amides is 2. The van der Waals surface area contributed by atoms with Gasteiger partial charge < -0.3 is 10.2 Å². The number of hydrogen-bond donors (Lipinski definition) is 3. The molecule has 0 saturated carbocycles. The molecule has 1 heterocycles. The third kappa shape index (κ3) is 1.48. The Morgan fingerprint density at radius 1 is 1.38 bits per heavy atom. The molecule has 5 nitrogen and oxygen atoms in total. The lowest BCUT2D eigenvalue weighted by Crippen LogP contribution is -2.37. The number of aliphatic hydroxyl groups is 2. The van der Waals surface area contributed by atoms with Crippen LogP contribution in [-0.4, -0.2) is 34.2 Å². The third-order valence-corrected chi connectivity index (χ3v) is 2.02. The number of hydrogen-bond acceptors (Lipinski definition) is 4. The normalized spacial score (nSPS) is 21.8. The highest BCUT2D eigenvalue weighted by atomic mass is 16.3. The van der Waals surface area contributed by atoms with Crippen LogP contribution in [0.4, 0.5) is 0 Å². The van der Waals surface area contributed by atoms with Crippen molar-refractivity contribution in [2.75, 3.05) is 6.61 Å². The lowest BCUT2D eigenvalue weighted by atomic mass is 9.94. The van der Waals surface area contributed by atoms with Gasteiger partial charge in [-0.05, 0) is 13.8 Å². The summed E-state index contributed by atoms with van der Waals surface area (Å²) in [5.41, 5.74) is -1.55. The van der Waals surface area contributed by atoms with Crippen LogP contribution in [0, 0.1) is 0 Å². The van der Waals surface area contributed by atoms with Crippen molar-refractivity contribution in [3.8, 4) is 0 Å². The van der Waals surface area contributed by atoms with E-state index in [1.165, 1.54) is 13.8 Å². The van der Waals surface area contributed by atoms with Crippen LogP contribution < -0.4 is 5.32 Å². The minimum Gasteiger partial charge on any atom is -0.393 e. The number of rotatable bonds is 2. The van der Waals surface area contributed by atoms with Crippen LogP contribution >= 0.6 is 0 Å². The molecule has 0 bridgehead atoms. The second-order valence-corrected chi connectivity index (χ2v) is 3.22. The van der Waals surface area contributed by atoms with Gasteiger partial charge in [-0.3, -0.25) is 14.9 Å². The third-order valence-electron chi connectivity index (χ3n) is 2.02. The molecule has 2 amide bonds. The largest absolute Gasteiger partial charge is 0.393 e. The summed E-state index contributed by atoms with van der Waals surface area (Å²) in [6.45, 7) is 2.12. The van der Waals surface area contributed by atoms with E-state index in [9.17, 15) is 14.7 Å². The van der Waals surface area contributed by atoms with Crippen molar-refractivity contribution >= 4 is 11.8 Å². The Morgan fingerprint density at radius 2 is 1.92 bits per heavy atom. The summed E-state index contributed by atoms with van der Waals surface area (Å²) in [5, 5.41) is 20.4. The van der Waals surface area contributed by atoms with Crippen molar-refractivity contribution < 1.29 is 19.8 Å². The van der Waals surface area contributed by atoms with Gasteiger partial charge in [0.2, 0.25) is 0 Å². The summed E-state index contributed by atoms with van der Waals surface area (Å²) in [5.74, 6) is -1.16. The predicted molar refractivity (Wildman–Crippen MR) is 43.6 cm³/mol. The number of carbonyl (C=O) groups excluding carboxylic acids is 2. The van der Waals surface area contributed by atoms with Crippen LogP contribution in [0.15, 0.2) is 11.1 Å². The monoisotopic (exact) mass is 185 g/mol. The predicted octanol–water partition coefficient (Wildman–Crippen LogP) is -1.30. The molecule has 1 aliphatic rings. The fourth-order valence-corrected chi connectivity index (χ4v) is 1.27. The summed E-state index contributed by atoms with van der Waals surface area (Å²) >= 11 is 0. The van der Waals surface area contributed by atoms with E-state index in [0.717, 1.165) is 0 Å². The lowest BCUT2D eigenvalue weighted by Gasteiger charge is -2.20. The van der Waals surface area contributed by atoms with Gasteiger partial charge in [-0.1, -0.05) is 0 Å². The zero-order chi connectivity index (χ0) is 10.2. The van der Waals surface area contributed by atoms with Crippen LogP contribution in [0.25, 0.3) is 0 Å². The molecule has 0 aromatic carbocycles. The average Bonchev–Trinajstić information content (AvgIpc) is 2.27. The Balaban J connectivity index is 3.16. The fraction of sp³-hybridized carbons (Fsp3) is 0.500. The number of aliphatic hydroxyl groups excluding tert-OH is 1. The second kappa shape index (κ2) is 2.93. The Kier molecular flexibility index (Phi) is 2.23. The lowest BCUT2D eigenvalue weighted by molar-refractivity contribution is -0.125. The van der Waals surface area contributed by atoms with Crippen molar-refractivity contribution in [1.82, 2.24) is 5.32 Å². The van der Waals surface area contributed by atoms with Gasteiger partial charge in [0.15, 0.2) is 0 Å². The van der Waals surface area contributed by atoms with Crippen molar-refractivity contribution in [2.45, 2.75) is 19.4 Å². The molecule has 0 aromatic heterocycles. The number of carbonyl (C=O) groups is 2. The summed E-state index contributed by atoms with van der Waals surface area (Å²) in [6.07, 6.45) is 0. The highest BCUT2D eigenvalue weighted by Crippen LogP contribution is 2.23. The smallest absolute Gasteiger partial charge is 0.257 e. The van der Waals surface area contributed by atoms with Gasteiger partial charge in [0.1, 0.15) is 5.60 Å². The molecule has 0 radical (unpaired) electrons. The number of nitrogens with one attached hydrogen (secondary N) is 1. The minimum atomic E-state index is -1.65. The summed E-state index contributed by atoms with van der Waals surface area (Å²) < 4.78 is 0. The highest BCUT2D eigenvalue weighted by molar-refractivity contribution is 6.20. The maximum Gasteiger partial charge on any atom is 0.257 e. The molecule has 1 aliphatic heterocycles. The Hall–Kier alpha value is -1.20. The zero-order valence-corrected chi connectivity index (χ0v) is 7.42. The molecular weight excluding hydrogens is 174 g/mol. The maximum atomic E-state index is 11.1. The van der Waals surface area contributed by atoms with Crippen LogP contribution in [0.5, 0.6) is 0 Å². The van der Waals surface area contributed by atoms with Crippen molar-refractivity contribution in [3.63, 3.8) is 0 Å². The van der Waals surface area contributed by atoms with Gasteiger partial charge in [-0.15, -0.1) is 0 Å². The molecule has 13 heavy (non-hydrogen) atoms. The molecule has 5 heteroatoms. The molecule has 3 N–H and O–H groups in total. The van der Waals surface area contributed by atoms with Crippen LogP contribution in [0.2, 0.25) is 0 Å². The van der Waals surface area contributed by atoms with Crippen molar-refractivity contribution in [2.24, 2.45) is 0 Å². The first-order valence-electron chi connectivity index (χ1n) is 3.80. The van der Waals surface area contributed by atoms with Gasteiger partial charge in [0.05, 0.1) is 12.2 Å². The maximum absolute atomic E-state index is 11.1. The molecule has 0 aliphatic carbocycles. The molecule has 1 atom stereocenters. The number of imide groups is 1. The molecule has 0 fully saturated rings. The van der Waals surface area contributed by atoms with Crippen LogP contribution in [-0.2, 0) is 9.59 Å². The summed E-state index contributed by atoms with van der Waals surface area (Å²) in [7, 11) is 0. The quantitative estimate of drug-likeness (QED) is 0.467. The van der Waals surface area contributed by atoms with E-state index in [2.05, 4.69) is 0 Å². The first-order chi connectivity index (χ1) is 5.90. The molecular formula is C8H11NO4. The minimum absolute atomic E-state index is 0.0556. The van der Waals surface area contributed by atoms with Gasteiger partial charge >= 0.3 is 0 Å². The first-order valence-corrected chi connectivity index (χ1v) is 3.80. The Labute approximate surface area is 75.1 Å². The second-order valence-electron chi connectivity index (χ2n) is 3.22. The van der Waals surface area contributed by atoms with E-state index < -0.39 is 24.0 Å². The molecule has 0 saturated heterocycles. The molecule has 0 aromatic rings. The standard InChI is InChI=1S/C8H11NO4/c1-4-5(8(2,13)3-10)7(12)9-6(4)11/h10,13H,3H2,1-2H3,(H,9,11,12). The first kappa shape index (κ1) is 9.88. The Bertz CT molecular complexity index is 303. The van der Waals surface area contributed by atoms with Crippen molar-refractivity contribution in [1.29, 1.82) is 0 Å². The summed E-state index contributed by atoms with van der Waals surface area (Å²) in [6, 6.07) is 0. The van der Waals surface area contributed by atoms with E-state index in [1.807, 2.05) is 5.32 Å². The van der Waals surface area contributed by atoms with E-state index in [1.54, 1.807) is 0 Å².